The van der Waals surface area contributed by atoms with Crippen LogP contribution in [0.25, 0.3) is 11.2 Å². The molecule has 0 aromatic carbocycles. The number of hydrogen-bond acceptors (Lipinski definition) is 8. The van der Waals surface area contributed by atoms with Crippen molar-refractivity contribution in [3.8, 4) is 11.8 Å². The second-order valence-corrected chi connectivity index (χ2v) is 7.55. The van der Waals surface area contributed by atoms with Crippen LogP contribution in [0.1, 0.15) is 24.0 Å². The molecule has 5 rings (SSSR count). The molecular weight excluding hydrogens is 388 g/mol. The molecule has 0 aliphatic heterocycles. The second-order valence-electron chi connectivity index (χ2n) is 7.55. The number of aliphatic hydroxyl groups excluding tert-OH is 2. The third kappa shape index (κ3) is 2.46. The van der Waals surface area contributed by atoms with E-state index in [1.807, 2.05) is 0 Å². The van der Waals surface area contributed by atoms with Gasteiger partial charge in [-0.05, 0) is 30.4 Å². The highest BCUT2D eigenvalue weighted by Crippen LogP contribution is 2.67. The lowest BCUT2D eigenvalue weighted by Crippen LogP contribution is -2.41. The van der Waals surface area contributed by atoms with E-state index in [1.165, 1.54) is 13.3 Å². The van der Waals surface area contributed by atoms with Crippen molar-refractivity contribution < 1.29 is 19.4 Å². The fourth-order valence-corrected chi connectivity index (χ4v) is 4.62. The van der Waals surface area contributed by atoms with Gasteiger partial charge in [0.1, 0.15) is 6.10 Å². The fourth-order valence-electron chi connectivity index (χ4n) is 4.62. The summed E-state index contributed by atoms with van der Waals surface area (Å²) in [6.07, 6.45) is 1.30. The molecule has 10 heteroatoms. The Labute approximate surface area is 171 Å². The van der Waals surface area contributed by atoms with E-state index >= 15 is 0 Å². The van der Waals surface area contributed by atoms with Crippen molar-refractivity contribution in [3.63, 3.8) is 0 Å². The summed E-state index contributed by atoms with van der Waals surface area (Å²) in [5.41, 5.74) is 0.00530. The van der Waals surface area contributed by atoms with E-state index in [0.29, 0.717) is 29.2 Å². The van der Waals surface area contributed by atoms with Crippen LogP contribution in [-0.2, 0) is 4.79 Å². The van der Waals surface area contributed by atoms with Gasteiger partial charge in [0.25, 0.3) is 0 Å². The van der Waals surface area contributed by atoms with Crippen LogP contribution in [0, 0.1) is 23.2 Å². The quantitative estimate of drug-likeness (QED) is 0.441. The highest BCUT2D eigenvalue weighted by molar-refractivity contribution is 5.88. The zero-order chi connectivity index (χ0) is 21.0. The molecule has 0 saturated heterocycles. The summed E-state index contributed by atoms with van der Waals surface area (Å²) < 4.78 is 6.93. The number of furan rings is 1. The van der Waals surface area contributed by atoms with E-state index < -0.39 is 23.7 Å². The molecule has 4 N–H and O–H groups in total. The molecule has 2 aliphatic rings. The van der Waals surface area contributed by atoms with Crippen molar-refractivity contribution in [1.82, 2.24) is 24.8 Å². The molecule has 2 unspecified atom stereocenters. The molecular formula is C20H20N6O4. The Morgan fingerprint density at radius 3 is 2.87 bits per heavy atom. The predicted molar refractivity (Wildman–Crippen MR) is 105 cm³/mol. The number of carbonyl (C=O) groups is 1. The van der Waals surface area contributed by atoms with Gasteiger partial charge in [-0.1, -0.05) is 0 Å². The molecule has 2 fully saturated rings. The number of hydrogen-bond donors (Lipinski definition) is 4. The number of anilines is 1. The summed E-state index contributed by atoms with van der Waals surface area (Å²) in [5, 5.41) is 27.0. The van der Waals surface area contributed by atoms with Crippen molar-refractivity contribution in [2.45, 2.75) is 24.7 Å². The van der Waals surface area contributed by atoms with Crippen LogP contribution in [0.4, 0.5) is 5.82 Å². The Hall–Kier alpha value is -3.42. The maximum atomic E-state index is 12.4. The molecule has 154 valence electrons. The van der Waals surface area contributed by atoms with E-state index in [-0.39, 0.29) is 17.6 Å². The fraction of sp³-hybridized carbons (Fsp3) is 0.400. The van der Waals surface area contributed by atoms with E-state index in [0.717, 1.165) is 0 Å². The summed E-state index contributed by atoms with van der Waals surface area (Å²) in [5.74, 6) is 6.49. The smallest absolute Gasteiger partial charge is 0.229 e. The second kappa shape index (κ2) is 6.55. The molecule has 1 amide bonds. The van der Waals surface area contributed by atoms with Crippen LogP contribution in [0.5, 0.6) is 0 Å². The van der Waals surface area contributed by atoms with Crippen molar-refractivity contribution in [1.29, 1.82) is 0 Å². The maximum Gasteiger partial charge on any atom is 0.229 e. The molecule has 0 spiro atoms. The molecule has 3 aromatic heterocycles. The molecule has 0 radical (unpaired) electrons. The van der Waals surface area contributed by atoms with Crippen LogP contribution < -0.4 is 10.6 Å². The normalized spacial score (nSPS) is 29.2. The van der Waals surface area contributed by atoms with Crippen LogP contribution >= 0.6 is 0 Å². The third-order valence-corrected chi connectivity index (χ3v) is 6.12. The standard InChI is InChI=1S/C20H20N6O4/c1-21-17-13-18(25-12(24-17)6-5-10-4-3-7-30-10)26(9-23-13)14-11-8-20(11,19(29)22-2)16(28)15(14)27/h3-4,7,9,11,14-16,27-28H,8H2,1-2H3,(H,22,29)(H,21,24,25)/t11?,14-,15+,16?,20-/m1/s1. The zero-order valence-electron chi connectivity index (χ0n) is 16.3. The summed E-state index contributed by atoms with van der Waals surface area (Å²) >= 11 is 0. The first-order valence-electron chi connectivity index (χ1n) is 9.57. The molecule has 2 saturated carbocycles. The Morgan fingerprint density at radius 2 is 2.17 bits per heavy atom. The minimum atomic E-state index is -1.16. The number of nitrogens with zero attached hydrogens (tertiary/aromatic N) is 4. The molecule has 3 aromatic rings. The van der Waals surface area contributed by atoms with Gasteiger partial charge in [0.15, 0.2) is 22.7 Å². The monoisotopic (exact) mass is 408 g/mol. The van der Waals surface area contributed by atoms with Crippen molar-refractivity contribution >= 4 is 22.9 Å². The number of fused-ring (bicyclic) bond motifs is 2. The van der Waals surface area contributed by atoms with E-state index in [2.05, 4.69) is 37.4 Å². The Morgan fingerprint density at radius 1 is 1.33 bits per heavy atom. The Balaban J connectivity index is 1.59. The predicted octanol–water partition coefficient (Wildman–Crippen LogP) is -0.110. The average molecular weight is 408 g/mol. The summed E-state index contributed by atoms with van der Waals surface area (Å²) in [6, 6.07) is 2.94. The highest BCUT2D eigenvalue weighted by Gasteiger charge is 2.75. The third-order valence-electron chi connectivity index (χ3n) is 6.12. The molecule has 30 heavy (non-hydrogen) atoms. The SMILES string of the molecule is CNC(=O)[C@]12CC1[C@@H](n1cnc3c(NC)nc(C#Cc4ccco4)nc31)[C@H](O)C2O. The Bertz CT molecular complexity index is 1190. The van der Waals surface area contributed by atoms with Gasteiger partial charge in [-0.25, -0.2) is 15.0 Å². The summed E-state index contributed by atoms with van der Waals surface area (Å²) in [4.78, 5) is 25.7. The molecule has 10 nitrogen and oxygen atoms in total. The largest absolute Gasteiger partial charge is 0.456 e. The number of rotatable bonds is 3. The lowest BCUT2D eigenvalue weighted by atomic mass is 9.98. The summed E-state index contributed by atoms with van der Waals surface area (Å²) in [6.45, 7) is 0. The van der Waals surface area contributed by atoms with Crippen molar-refractivity contribution in [3.05, 3.63) is 36.3 Å². The van der Waals surface area contributed by atoms with Gasteiger partial charge in [0.05, 0.1) is 30.2 Å². The van der Waals surface area contributed by atoms with Gasteiger partial charge in [-0.2, -0.15) is 0 Å². The van der Waals surface area contributed by atoms with Crippen LogP contribution in [0.15, 0.2) is 29.1 Å². The number of nitrogens with one attached hydrogen (secondary N) is 2. The lowest BCUT2D eigenvalue weighted by molar-refractivity contribution is -0.132. The first-order chi connectivity index (χ1) is 14.5. The average Bonchev–Trinajstić information content (AvgIpc) is 3.06. The van der Waals surface area contributed by atoms with Gasteiger partial charge >= 0.3 is 0 Å². The van der Waals surface area contributed by atoms with Gasteiger partial charge in [-0.3, -0.25) is 4.79 Å². The molecule has 0 bridgehead atoms. The number of aromatic nitrogens is 4. The lowest BCUT2D eigenvalue weighted by Gasteiger charge is -2.23. The number of carbonyl (C=O) groups excluding carboxylic acids is 1. The van der Waals surface area contributed by atoms with Crippen molar-refractivity contribution in [2.75, 3.05) is 19.4 Å². The highest BCUT2D eigenvalue weighted by atomic mass is 16.3. The molecule has 3 heterocycles. The van der Waals surface area contributed by atoms with E-state index in [4.69, 9.17) is 4.42 Å². The first kappa shape index (κ1) is 18.6. The number of amides is 1. The van der Waals surface area contributed by atoms with Gasteiger partial charge < -0.3 is 29.8 Å². The van der Waals surface area contributed by atoms with Gasteiger partial charge in [0.2, 0.25) is 11.7 Å². The van der Waals surface area contributed by atoms with Crippen LogP contribution in [-0.4, -0.2) is 61.9 Å². The van der Waals surface area contributed by atoms with Gasteiger partial charge in [-0.15, -0.1) is 0 Å². The Kier molecular flexibility index (Phi) is 4.06. The van der Waals surface area contributed by atoms with Crippen LogP contribution in [0.3, 0.4) is 0 Å². The molecule has 5 atom stereocenters. The number of aliphatic hydroxyl groups is 2. The topological polar surface area (TPSA) is 138 Å². The zero-order valence-corrected chi connectivity index (χ0v) is 16.3. The van der Waals surface area contributed by atoms with Crippen molar-refractivity contribution in [2.24, 2.45) is 11.3 Å². The summed E-state index contributed by atoms with van der Waals surface area (Å²) in [7, 11) is 3.25. The number of imidazole rings is 1. The minimum absolute atomic E-state index is 0.217. The maximum absolute atomic E-state index is 12.4. The van der Waals surface area contributed by atoms with E-state index in [1.54, 1.807) is 30.1 Å². The molecule has 2 aliphatic carbocycles. The first-order valence-corrected chi connectivity index (χ1v) is 9.57. The van der Waals surface area contributed by atoms with E-state index in [9.17, 15) is 15.0 Å². The minimum Gasteiger partial charge on any atom is -0.456 e. The van der Waals surface area contributed by atoms with Crippen LogP contribution in [0.2, 0.25) is 0 Å². The van der Waals surface area contributed by atoms with Gasteiger partial charge in [0, 0.05) is 20.0 Å².